The van der Waals surface area contributed by atoms with Crippen molar-refractivity contribution in [2.45, 2.75) is 32.5 Å². The molecule has 148 valence electrons. The monoisotopic (exact) mass is 390 g/mol. The number of hydrogen-bond donors (Lipinski definition) is 3. The lowest BCUT2D eigenvalue weighted by molar-refractivity contribution is -0.192. The van der Waals surface area contributed by atoms with E-state index in [-0.39, 0.29) is 5.69 Å². The SMILES string of the molecule is CC(C)c1nnc(CNc2ccc(C(=O)O)nn2)n1C.O=C(O)C(F)(F)F. The molecule has 0 atom stereocenters. The fraction of sp³-hybridized carbons (Fsp3) is 0.429. The molecule has 27 heavy (non-hydrogen) atoms. The number of anilines is 1. The third-order valence-electron chi connectivity index (χ3n) is 3.07. The number of aliphatic carboxylic acids is 1. The van der Waals surface area contributed by atoms with E-state index < -0.39 is 18.1 Å². The zero-order valence-electron chi connectivity index (χ0n) is 14.5. The van der Waals surface area contributed by atoms with Gasteiger partial charge in [0.25, 0.3) is 0 Å². The topological polar surface area (TPSA) is 143 Å². The fourth-order valence-corrected chi connectivity index (χ4v) is 1.74. The van der Waals surface area contributed by atoms with Gasteiger partial charge in [-0.25, -0.2) is 9.59 Å². The van der Waals surface area contributed by atoms with Crippen LogP contribution in [0.25, 0.3) is 0 Å². The summed E-state index contributed by atoms with van der Waals surface area (Å²) in [5.41, 5.74) is -0.0868. The number of rotatable bonds is 5. The minimum absolute atomic E-state index is 0.0868. The molecule has 0 fully saturated rings. The molecule has 2 aromatic rings. The summed E-state index contributed by atoms with van der Waals surface area (Å²) in [6, 6.07) is 2.96. The van der Waals surface area contributed by atoms with Gasteiger partial charge in [0.2, 0.25) is 0 Å². The van der Waals surface area contributed by atoms with E-state index in [0.717, 1.165) is 11.6 Å². The first-order valence-corrected chi connectivity index (χ1v) is 7.42. The lowest BCUT2D eigenvalue weighted by Crippen LogP contribution is -2.21. The number of carboxylic acid groups (broad SMARTS) is 2. The van der Waals surface area contributed by atoms with Crippen LogP contribution < -0.4 is 5.32 Å². The van der Waals surface area contributed by atoms with E-state index in [1.54, 1.807) is 6.07 Å². The Morgan fingerprint density at radius 1 is 1.15 bits per heavy atom. The van der Waals surface area contributed by atoms with Gasteiger partial charge in [0.05, 0.1) is 6.54 Å². The largest absolute Gasteiger partial charge is 0.490 e. The van der Waals surface area contributed by atoms with E-state index in [4.69, 9.17) is 15.0 Å². The normalized spacial score (nSPS) is 10.9. The second-order valence-corrected chi connectivity index (χ2v) is 5.45. The van der Waals surface area contributed by atoms with Crippen molar-refractivity contribution in [2.75, 3.05) is 5.32 Å². The van der Waals surface area contributed by atoms with Crippen LogP contribution in [0.4, 0.5) is 19.0 Å². The lowest BCUT2D eigenvalue weighted by atomic mass is 10.2. The van der Waals surface area contributed by atoms with Gasteiger partial charge in [-0.05, 0) is 12.1 Å². The number of halogens is 3. The third kappa shape index (κ3) is 6.52. The van der Waals surface area contributed by atoms with Crippen molar-refractivity contribution in [1.29, 1.82) is 0 Å². The Labute approximate surface area is 151 Å². The maximum absolute atomic E-state index is 10.7. The summed E-state index contributed by atoms with van der Waals surface area (Å²) in [6.07, 6.45) is -5.08. The highest BCUT2D eigenvalue weighted by molar-refractivity contribution is 5.85. The summed E-state index contributed by atoms with van der Waals surface area (Å²) >= 11 is 0. The molecular weight excluding hydrogens is 373 g/mol. The van der Waals surface area contributed by atoms with Gasteiger partial charge in [-0.15, -0.1) is 20.4 Å². The van der Waals surface area contributed by atoms with Gasteiger partial charge in [0.15, 0.2) is 11.5 Å². The van der Waals surface area contributed by atoms with Crippen molar-refractivity contribution >= 4 is 17.8 Å². The summed E-state index contributed by atoms with van der Waals surface area (Å²) in [4.78, 5) is 19.6. The summed E-state index contributed by atoms with van der Waals surface area (Å²) < 4.78 is 33.7. The van der Waals surface area contributed by atoms with Crippen LogP contribution in [0, 0.1) is 0 Å². The second-order valence-electron chi connectivity index (χ2n) is 5.45. The van der Waals surface area contributed by atoms with Gasteiger partial charge in [0, 0.05) is 13.0 Å². The molecule has 0 saturated carbocycles. The van der Waals surface area contributed by atoms with Crippen LogP contribution in [0.5, 0.6) is 0 Å². The molecule has 0 saturated heterocycles. The van der Waals surface area contributed by atoms with E-state index in [0.29, 0.717) is 18.3 Å². The van der Waals surface area contributed by atoms with Gasteiger partial charge in [-0.1, -0.05) is 13.8 Å². The smallest absolute Gasteiger partial charge is 0.476 e. The Morgan fingerprint density at radius 3 is 2.11 bits per heavy atom. The molecule has 13 heteroatoms. The Bertz CT molecular complexity index is 789. The van der Waals surface area contributed by atoms with Crippen molar-refractivity contribution in [3.05, 3.63) is 29.5 Å². The molecule has 0 aliphatic rings. The van der Waals surface area contributed by atoms with Gasteiger partial charge in [0.1, 0.15) is 11.6 Å². The minimum Gasteiger partial charge on any atom is -0.476 e. The van der Waals surface area contributed by atoms with E-state index in [1.807, 2.05) is 11.6 Å². The summed E-state index contributed by atoms with van der Waals surface area (Å²) in [5.74, 6) is -1.38. The highest BCUT2D eigenvalue weighted by atomic mass is 19.4. The molecule has 0 spiro atoms. The van der Waals surface area contributed by atoms with Gasteiger partial charge >= 0.3 is 18.1 Å². The van der Waals surface area contributed by atoms with E-state index in [2.05, 4.69) is 39.6 Å². The lowest BCUT2D eigenvalue weighted by Gasteiger charge is -2.07. The molecule has 0 aliphatic heterocycles. The van der Waals surface area contributed by atoms with Crippen LogP contribution in [0.15, 0.2) is 12.1 Å². The van der Waals surface area contributed by atoms with Crippen LogP contribution >= 0.6 is 0 Å². The molecule has 0 amide bonds. The zero-order valence-corrected chi connectivity index (χ0v) is 14.5. The predicted octanol–water partition coefficient (Wildman–Crippen LogP) is 1.67. The summed E-state index contributed by atoms with van der Waals surface area (Å²) in [7, 11) is 1.91. The number of aromatic carboxylic acids is 1. The highest BCUT2D eigenvalue weighted by Gasteiger charge is 2.38. The van der Waals surface area contributed by atoms with E-state index in [9.17, 15) is 18.0 Å². The van der Waals surface area contributed by atoms with Gasteiger partial charge in [-0.3, -0.25) is 0 Å². The van der Waals surface area contributed by atoms with Crippen molar-refractivity contribution in [3.63, 3.8) is 0 Å². The first-order valence-electron chi connectivity index (χ1n) is 7.42. The fourth-order valence-electron chi connectivity index (χ4n) is 1.74. The van der Waals surface area contributed by atoms with Crippen LogP contribution in [-0.4, -0.2) is 53.3 Å². The number of carbonyl (C=O) groups is 2. The molecular formula is C14H17F3N6O4. The van der Waals surface area contributed by atoms with Gasteiger partial charge < -0.3 is 20.1 Å². The molecule has 0 unspecified atom stereocenters. The molecule has 0 aliphatic carbocycles. The average Bonchev–Trinajstić information content (AvgIpc) is 2.94. The quantitative estimate of drug-likeness (QED) is 0.694. The number of aromatic nitrogens is 5. The van der Waals surface area contributed by atoms with Crippen LogP contribution in [-0.2, 0) is 18.4 Å². The predicted molar refractivity (Wildman–Crippen MR) is 85.1 cm³/mol. The van der Waals surface area contributed by atoms with Crippen LogP contribution in [0.3, 0.4) is 0 Å². The number of nitrogens with zero attached hydrogens (tertiary/aromatic N) is 5. The Morgan fingerprint density at radius 2 is 1.74 bits per heavy atom. The maximum Gasteiger partial charge on any atom is 0.490 e. The van der Waals surface area contributed by atoms with E-state index >= 15 is 0 Å². The molecule has 3 N–H and O–H groups in total. The van der Waals surface area contributed by atoms with E-state index in [1.165, 1.54) is 6.07 Å². The van der Waals surface area contributed by atoms with Crippen molar-refractivity contribution in [1.82, 2.24) is 25.0 Å². The average molecular weight is 390 g/mol. The Hall–Kier alpha value is -3.25. The third-order valence-corrected chi connectivity index (χ3v) is 3.07. The summed E-state index contributed by atoms with van der Waals surface area (Å²) in [5, 5.41) is 34.5. The Balaban J connectivity index is 0.000000445. The summed E-state index contributed by atoms with van der Waals surface area (Å²) in [6.45, 7) is 4.55. The number of nitrogens with one attached hydrogen (secondary N) is 1. The first kappa shape index (κ1) is 21.8. The standard InChI is InChI=1S/C12H16N6O2.C2HF3O2/c1-7(2)11-17-16-10(18(11)3)6-13-9-5-4-8(12(19)20)14-15-9;3-2(4,5)1(6)7/h4-5,7H,6H2,1-3H3,(H,13,15)(H,19,20);(H,6,7). The molecule has 2 aromatic heterocycles. The molecule has 2 heterocycles. The van der Waals surface area contributed by atoms with Crippen LogP contribution in [0.2, 0.25) is 0 Å². The number of hydrogen-bond acceptors (Lipinski definition) is 7. The molecule has 0 radical (unpaired) electrons. The van der Waals surface area contributed by atoms with Crippen molar-refractivity contribution in [2.24, 2.45) is 7.05 Å². The Kier molecular flexibility index (Phi) is 7.19. The van der Waals surface area contributed by atoms with Gasteiger partial charge in [-0.2, -0.15) is 13.2 Å². The molecule has 0 bridgehead atoms. The number of carboxylic acids is 2. The highest BCUT2D eigenvalue weighted by Crippen LogP contribution is 2.13. The number of alkyl halides is 3. The minimum atomic E-state index is -5.08. The maximum atomic E-state index is 10.7. The molecule has 0 aromatic carbocycles. The molecule has 2 rings (SSSR count). The molecule has 10 nitrogen and oxygen atoms in total. The second kappa shape index (κ2) is 8.91. The van der Waals surface area contributed by atoms with Crippen molar-refractivity contribution in [3.8, 4) is 0 Å². The van der Waals surface area contributed by atoms with Crippen molar-refractivity contribution < 1.29 is 33.0 Å². The zero-order chi connectivity index (χ0) is 20.8. The first-order chi connectivity index (χ1) is 12.4. The van der Waals surface area contributed by atoms with Crippen LogP contribution in [0.1, 0.15) is 41.9 Å².